The van der Waals surface area contributed by atoms with E-state index < -0.39 is 0 Å². The van der Waals surface area contributed by atoms with Crippen LogP contribution in [0.4, 0.5) is 9.18 Å². The smallest absolute Gasteiger partial charge is 0.315 e. The van der Waals surface area contributed by atoms with Crippen LogP contribution in [-0.4, -0.2) is 50.3 Å². The third kappa shape index (κ3) is 5.65. The Hall–Kier alpha value is -1.92. The Morgan fingerprint density at radius 2 is 2.13 bits per heavy atom. The molecule has 2 N–H and O–H groups in total. The lowest BCUT2D eigenvalue weighted by atomic mass is 10.0. The summed E-state index contributed by atoms with van der Waals surface area (Å²) in [6, 6.07) is 6.20. The molecule has 126 valence electrons. The van der Waals surface area contributed by atoms with E-state index in [2.05, 4.69) is 22.1 Å². The van der Waals surface area contributed by atoms with Crippen LogP contribution in [0.25, 0.3) is 0 Å². The number of hydrogen-bond donors (Lipinski definition) is 2. The molecule has 1 heterocycles. The number of nitrogens with one attached hydrogen (secondary N) is 2. The summed E-state index contributed by atoms with van der Waals surface area (Å²) in [5.41, 5.74) is 1.74. The van der Waals surface area contributed by atoms with Gasteiger partial charge in [-0.3, -0.25) is 4.90 Å². The molecule has 1 aromatic carbocycles. The second kappa shape index (κ2) is 8.64. The molecule has 6 heteroatoms. The summed E-state index contributed by atoms with van der Waals surface area (Å²) in [7, 11) is 0. The van der Waals surface area contributed by atoms with Crippen molar-refractivity contribution in [3.05, 3.63) is 47.8 Å². The molecule has 1 aliphatic rings. The number of carbonyl (C=O) groups is 1. The topological polar surface area (TPSA) is 53.6 Å². The highest BCUT2D eigenvalue weighted by molar-refractivity contribution is 5.74. The van der Waals surface area contributed by atoms with Crippen molar-refractivity contribution in [3.8, 4) is 0 Å². The molecule has 0 radical (unpaired) electrons. The summed E-state index contributed by atoms with van der Waals surface area (Å²) in [5.74, 6) is -0.271. The molecule has 0 saturated carbocycles. The van der Waals surface area contributed by atoms with Crippen LogP contribution in [0, 0.1) is 5.82 Å². The maximum atomic E-state index is 13.6. The third-order valence-electron chi connectivity index (χ3n) is 3.73. The van der Waals surface area contributed by atoms with Crippen LogP contribution < -0.4 is 10.6 Å². The van der Waals surface area contributed by atoms with Gasteiger partial charge in [0, 0.05) is 26.2 Å². The van der Waals surface area contributed by atoms with Gasteiger partial charge in [0.25, 0.3) is 0 Å². The van der Waals surface area contributed by atoms with Crippen LogP contribution >= 0.6 is 0 Å². The molecular weight excluding hydrogens is 297 g/mol. The highest BCUT2D eigenvalue weighted by Gasteiger charge is 2.23. The first-order chi connectivity index (χ1) is 11.1. The number of hydrogen-bond acceptors (Lipinski definition) is 3. The molecular formula is C17H24FN3O2. The zero-order valence-electron chi connectivity index (χ0n) is 13.5. The number of rotatable bonds is 6. The highest BCUT2D eigenvalue weighted by Crippen LogP contribution is 2.22. The number of benzene rings is 1. The molecule has 0 bridgehead atoms. The van der Waals surface area contributed by atoms with Crippen LogP contribution in [0.5, 0.6) is 0 Å². The van der Waals surface area contributed by atoms with E-state index in [1.807, 2.05) is 13.0 Å². The number of halogens is 1. The van der Waals surface area contributed by atoms with Crippen molar-refractivity contribution in [3.63, 3.8) is 0 Å². The van der Waals surface area contributed by atoms with Crippen molar-refractivity contribution in [1.82, 2.24) is 15.5 Å². The number of urea groups is 1. The molecule has 1 atom stereocenters. The molecule has 2 amide bonds. The third-order valence-corrected chi connectivity index (χ3v) is 3.73. The Balaban J connectivity index is 2.01. The fourth-order valence-electron chi connectivity index (χ4n) is 2.54. The van der Waals surface area contributed by atoms with E-state index in [4.69, 9.17) is 4.74 Å². The van der Waals surface area contributed by atoms with Crippen LogP contribution in [0.1, 0.15) is 18.5 Å². The summed E-state index contributed by atoms with van der Waals surface area (Å²) in [6.45, 7) is 9.26. The van der Waals surface area contributed by atoms with Gasteiger partial charge < -0.3 is 15.4 Å². The SMILES string of the molecule is C=C(C)CNC(=O)NC[C@H](c1cccc(F)c1)N1CCOCC1. The highest BCUT2D eigenvalue weighted by atomic mass is 19.1. The summed E-state index contributed by atoms with van der Waals surface area (Å²) in [5, 5.41) is 5.59. The van der Waals surface area contributed by atoms with Crippen molar-refractivity contribution in [2.75, 3.05) is 39.4 Å². The zero-order chi connectivity index (χ0) is 16.7. The number of ether oxygens (including phenoxy) is 1. The molecule has 1 saturated heterocycles. The number of amides is 2. The van der Waals surface area contributed by atoms with E-state index >= 15 is 0 Å². The molecule has 1 fully saturated rings. The normalized spacial score (nSPS) is 16.6. The van der Waals surface area contributed by atoms with E-state index in [0.717, 1.165) is 24.2 Å². The first-order valence-electron chi connectivity index (χ1n) is 7.79. The summed E-state index contributed by atoms with van der Waals surface area (Å²) in [4.78, 5) is 14.1. The van der Waals surface area contributed by atoms with Gasteiger partial charge in [0.1, 0.15) is 5.82 Å². The van der Waals surface area contributed by atoms with Gasteiger partial charge in [-0.05, 0) is 24.6 Å². The molecule has 23 heavy (non-hydrogen) atoms. The van der Waals surface area contributed by atoms with E-state index in [0.29, 0.717) is 26.3 Å². The lowest BCUT2D eigenvalue weighted by Crippen LogP contribution is -2.46. The number of nitrogens with zero attached hydrogens (tertiary/aromatic N) is 1. The Kier molecular flexibility index (Phi) is 6.55. The standard InChI is InChI=1S/C17H24FN3O2/c1-13(2)11-19-17(22)20-12-16(21-6-8-23-9-7-21)14-4-3-5-15(18)10-14/h3-5,10,16H,1,6-9,11-12H2,2H3,(H2,19,20,22)/t16-/m1/s1. The van der Waals surface area contributed by atoms with Crippen LogP contribution in [0.15, 0.2) is 36.4 Å². The predicted octanol–water partition coefficient (Wildman–Crippen LogP) is 2.07. The van der Waals surface area contributed by atoms with Gasteiger partial charge in [0.15, 0.2) is 0 Å². The maximum absolute atomic E-state index is 13.6. The van der Waals surface area contributed by atoms with Crippen molar-refractivity contribution in [1.29, 1.82) is 0 Å². The Bertz CT molecular complexity index is 544. The summed E-state index contributed by atoms with van der Waals surface area (Å²) >= 11 is 0. The van der Waals surface area contributed by atoms with Gasteiger partial charge in [-0.25, -0.2) is 9.18 Å². The number of morpholine rings is 1. The van der Waals surface area contributed by atoms with Crippen molar-refractivity contribution in [2.45, 2.75) is 13.0 Å². The van der Waals surface area contributed by atoms with Crippen LogP contribution in [-0.2, 0) is 4.74 Å². The lowest BCUT2D eigenvalue weighted by Gasteiger charge is -2.35. The first-order valence-corrected chi connectivity index (χ1v) is 7.79. The largest absolute Gasteiger partial charge is 0.379 e. The summed E-state index contributed by atoms with van der Waals surface area (Å²) in [6.07, 6.45) is 0. The molecule has 0 aliphatic carbocycles. The lowest BCUT2D eigenvalue weighted by molar-refractivity contribution is 0.0166. The first kappa shape index (κ1) is 17.4. The van der Waals surface area contributed by atoms with Crippen molar-refractivity contribution < 1.29 is 13.9 Å². The Morgan fingerprint density at radius 1 is 1.39 bits per heavy atom. The molecule has 1 aliphatic heterocycles. The van der Waals surface area contributed by atoms with Gasteiger partial charge in [0.05, 0.1) is 19.3 Å². The van der Waals surface area contributed by atoms with Crippen molar-refractivity contribution >= 4 is 6.03 Å². The van der Waals surface area contributed by atoms with Gasteiger partial charge in [-0.2, -0.15) is 0 Å². The fourth-order valence-corrected chi connectivity index (χ4v) is 2.54. The fraction of sp³-hybridized carbons (Fsp3) is 0.471. The van der Waals surface area contributed by atoms with Crippen LogP contribution in [0.2, 0.25) is 0 Å². The average molecular weight is 321 g/mol. The van der Waals surface area contributed by atoms with Gasteiger partial charge in [-0.15, -0.1) is 0 Å². The average Bonchev–Trinajstić information content (AvgIpc) is 2.54. The van der Waals surface area contributed by atoms with E-state index in [1.165, 1.54) is 12.1 Å². The Morgan fingerprint density at radius 3 is 2.78 bits per heavy atom. The van der Waals surface area contributed by atoms with E-state index in [1.54, 1.807) is 6.07 Å². The monoisotopic (exact) mass is 321 g/mol. The predicted molar refractivity (Wildman–Crippen MR) is 87.7 cm³/mol. The van der Waals surface area contributed by atoms with Gasteiger partial charge >= 0.3 is 6.03 Å². The molecule has 5 nitrogen and oxygen atoms in total. The number of carbonyl (C=O) groups excluding carboxylic acids is 1. The van der Waals surface area contributed by atoms with Crippen LogP contribution in [0.3, 0.4) is 0 Å². The quantitative estimate of drug-likeness (QED) is 0.789. The van der Waals surface area contributed by atoms with Gasteiger partial charge in [0.2, 0.25) is 0 Å². The van der Waals surface area contributed by atoms with Gasteiger partial charge in [-0.1, -0.05) is 24.3 Å². The maximum Gasteiger partial charge on any atom is 0.315 e. The second-order valence-corrected chi connectivity index (χ2v) is 5.74. The second-order valence-electron chi connectivity index (χ2n) is 5.74. The molecule has 1 aromatic rings. The van der Waals surface area contributed by atoms with Crippen molar-refractivity contribution in [2.24, 2.45) is 0 Å². The molecule has 2 rings (SSSR count). The van der Waals surface area contributed by atoms with E-state index in [-0.39, 0.29) is 17.9 Å². The molecule has 0 spiro atoms. The molecule has 0 unspecified atom stereocenters. The summed E-state index contributed by atoms with van der Waals surface area (Å²) < 4.78 is 18.9. The molecule has 0 aromatic heterocycles. The zero-order valence-corrected chi connectivity index (χ0v) is 13.5. The minimum Gasteiger partial charge on any atom is -0.379 e. The minimum absolute atomic E-state index is 0.0785. The Labute approximate surface area is 136 Å². The van der Waals surface area contributed by atoms with E-state index in [9.17, 15) is 9.18 Å². The minimum atomic E-state index is -0.271.